The molecule has 0 aliphatic carbocycles. The molecule has 1 aliphatic rings. The number of nitrogens with one attached hydrogen (secondary N) is 1. The Bertz CT molecular complexity index is 966. The monoisotopic (exact) mass is 408 g/mol. The molecular formula is C19H21FN2O5S. The second kappa shape index (κ2) is 8.05. The molecule has 7 nitrogen and oxygen atoms in total. The quantitative estimate of drug-likeness (QED) is 0.790. The van der Waals surface area contributed by atoms with Crippen molar-refractivity contribution in [1.29, 1.82) is 0 Å². The highest BCUT2D eigenvalue weighted by atomic mass is 32.2. The molecule has 0 saturated heterocycles. The molecule has 0 spiro atoms. The first kappa shape index (κ1) is 19.9. The van der Waals surface area contributed by atoms with Crippen LogP contribution in [-0.2, 0) is 14.8 Å². The number of sulfonamides is 1. The van der Waals surface area contributed by atoms with E-state index < -0.39 is 33.9 Å². The smallest absolute Gasteiger partial charge is 0.243 e. The first-order valence-corrected chi connectivity index (χ1v) is 10.5. The molecular weight excluding hydrogens is 387 g/mol. The molecule has 1 aliphatic heterocycles. The minimum absolute atomic E-state index is 0.0799. The highest BCUT2D eigenvalue weighted by molar-refractivity contribution is 7.92. The molecule has 0 bridgehead atoms. The van der Waals surface area contributed by atoms with Gasteiger partial charge in [0.15, 0.2) is 11.5 Å². The van der Waals surface area contributed by atoms with E-state index in [0.29, 0.717) is 11.5 Å². The number of hydrogen-bond donors (Lipinski definition) is 1. The van der Waals surface area contributed by atoms with Gasteiger partial charge in [0.25, 0.3) is 0 Å². The third-order valence-electron chi connectivity index (χ3n) is 4.22. The van der Waals surface area contributed by atoms with Crippen LogP contribution in [-0.4, -0.2) is 45.9 Å². The maximum absolute atomic E-state index is 13.5. The van der Waals surface area contributed by atoms with E-state index in [-0.39, 0.29) is 18.8 Å². The fraction of sp³-hybridized carbons (Fsp3) is 0.316. The van der Waals surface area contributed by atoms with Gasteiger partial charge in [-0.1, -0.05) is 18.2 Å². The molecule has 0 aromatic heterocycles. The molecule has 1 heterocycles. The number of benzene rings is 2. The van der Waals surface area contributed by atoms with Gasteiger partial charge < -0.3 is 14.8 Å². The summed E-state index contributed by atoms with van der Waals surface area (Å²) in [6.07, 6.45) is 0.559. The number of carbonyl (C=O) groups is 1. The summed E-state index contributed by atoms with van der Waals surface area (Å²) in [6.45, 7) is 1.83. The van der Waals surface area contributed by atoms with E-state index >= 15 is 0 Å². The van der Waals surface area contributed by atoms with Crippen LogP contribution in [0.15, 0.2) is 48.5 Å². The van der Waals surface area contributed by atoms with Crippen LogP contribution in [0, 0.1) is 5.82 Å². The Labute approximate surface area is 163 Å². The zero-order valence-electron chi connectivity index (χ0n) is 15.5. The van der Waals surface area contributed by atoms with E-state index in [1.807, 2.05) is 12.1 Å². The number of rotatable bonds is 6. The van der Waals surface area contributed by atoms with E-state index in [0.717, 1.165) is 16.6 Å². The number of halogens is 1. The van der Waals surface area contributed by atoms with Gasteiger partial charge in [-0.05, 0) is 37.3 Å². The molecule has 3 rings (SSSR count). The summed E-state index contributed by atoms with van der Waals surface area (Å²) < 4.78 is 50.2. The predicted molar refractivity (Wildman–Crippen MR) is 103 cm³/mol. The number of carbonyl (C=O) groups excluding carboxylic acids is 1. The number of anilines is 1. The number of hydrogen-bond acceptors (Lipinski definition) is 5. The van der Waals surface area contributed by atoms with Crippen LogP contribution in [0.5, 0.6) is 11.5 Å². The highest BCUT2D eigenvalue weighted by Gasteiger charge is 2.30. The maximum Gasteiger partial charge on any atom is 0.243 e. The van der Waals surface area contributed by atoms with E-state index in [1.165, 1.54) is 25.1 Å². The number of ether oxygens (including phenoxy) is 2. The van der Waals surface area contributed by atoms with Crippen LogP contribution in [0.4, 0.5) is 10.1 Å². The molecule has 0 saturated carbocycles. The first-order valence-electron chi connectivity index (χ1n) is 8.67. The van der Waals surface area contributed by atoms with Gasteiger partial charge in [-0.15, -0.1) is 0 Å². The summed E-state index contributed by atoms with van der Waals surface area (Å²) in [5, 5.41) is 2.68. The number of nitrogens with zero attached hydrogens (tertiary/aromatic N) is 1. The molecule has 150 valence electrons. The lowest BCUT2D eigenvalue weighted by molar-refractivity contribution is -0.122. The van der Waals surface area contributed by atoms with Crippen molar-refractivity contribution in [3.8, 4) is 11.5 Å². The number of amides is 1. The molecule has 0 fully saturated rings. The molecule has 2 aromatic rings. The Kier molecular flexibility index (Phi) is 5.73. The van der Waals surface area contributed by atoms with Gasteiger partial charge in [0.05, 0.1) is 18.5 Å². The summed E-state index contributed by atoms with van der Waals surface area (Å²) >= 11 is 0. The Balaban J connectivity index is 1.67. The maximum atomic E-state index is 13.5. The average Bonchev–Trinajstić information content (AvgIpc) is 2.65. The fourth-order valence-corrected chi connectivity index (χ4v) is 4.11. The van der Waals surface area contributed by atoms with Gasteiger partial charge in [-0.3, -0.25) is 9.10 Å². The minimum Gasteiger partial charge on any atom is -0.486 e. The summed E-state index contributed by atoms with van der Waals surface area (Å²) in [5.74, 6) is 0.0914. The Morgan fingerprint density at radius 1 is 1.25 bits per heavy atom. The van der Waals surface area contributed by atoms with Crippen molar-refractivity contribution in [1.82, 2.24) is 5.32 Å². The van der Waals surface area contributed by atoms with Gasteiger partial charge >= 0.3 is 0 Å². The Morgan fingerprint density at radius 3 is 2.64 bits per heavy atom. The average molecular weight is 408 g/mol. The molecule has 1 amide bonds. The highest BCUT2D eigenvalue weighted by Crippen LogP contribution is 2.30. The first-order chi connectivity index (χ1) is 13.3. The van der Waals surface area contributed by atoms with E-state index in [1.54, 1.807) is 12.1 Å². The van der Waals surface area contributed by atoms with Gasteiger partial charge in [0.2, 0.25) is 15.9 Å². The van der Waals surface area contributed by atoms with Crippen LogP contribution < -0.4 is 19.1 Å². The third kappa shape index (κ3) is 4.53. The molecule has 1 N–H and O–H groups in total. The van der Waals surface area contributed by atoms with Gasteiger partial charge in [-0.2, -0.15) is 0 Å². The molecule has 0 radical (unpaired) electrons. The van der Waals surface area contributed by atoms with E-state index in [2.05, 4.69) is 5.32 Å². The van der Waals surface area contributed by atoms with Gasteiger partial charge in [0, 0.05) is 0 Å². The normalized spacial score (nSPS) is 16.9. The standard InChI is InChI=1S/C19H21FN2O5S/c1-13(22(28(2,24)25)15-7-5-6-14(20)10-15)19(23)21-11-16-12-26-17-8-3-4-9-18(17)27-16/h3-10,13,16H,11-12H2,1-2H3,(H,21,23)/t13-,16+/m1/s1. The van der Waals surface area contributed by atoms with Crippen LogP contribution in [0.1, 0.15) is 6.92 Å². The lowest BCUT2D eigenvalue weighted by Crippen LogP contribution is -2.50. The predicted octanol–water partition coefficient (Wildman–Crippen LogP) is 1.94. The van der Waals surface area contributed by atoms with Gasteiger partial charge in [0.1, 0.15) is 24.6 Å². The fourth-order valence-electron chi connectivity index (χ4n) is 2.95. The third-order valence-corrected chi connectivity index (χ3v) is 5.46. The number of fused-ring (bicyclic) bond motifs is 1. The molecule has 2 atom stereocenters. The zero-order chi connectivity index (χ0) is 20.3. The minimum atomic E-state index is -3.81. The Morgan fingerprint density at radius 2 is 1.96 bits per heavy atom. The van der Waals surface area contributed by atoms with Crippen molar-refractivity contribution in [3.05, 3.63) is 54.3 Å². The van der Waals surface area contributed by atoms with Crippen LogP contribution in [0.3, 0.4) is 0 Å². The van der Waals surface area contributed by atoms with E-state index in [4.69, 9.17) is 9.47 Å². The van der Waals surface area contributed by atoms with Crippen molar-refractivity contribution >= 4 is 21.6 Å². The molecule has 28 heavy (non-hydrogen) atoms. The summed E-state index contributed by atoms with van der Waals surface area (Å²) in [7, 11) is -3.81. The topological polar surface area (TPSA) is 84.9 Å². The summed E-state index contributed by atoms with van der Waals surface area (Å²) in [6, 6.07) is 11.2. The summed E-state index contributed by atoms with van der Waals surface area (Å²) in [5.41, 5.74) is 0.0799. The molecule has 0 unspecified atom stereocenters. The van der Waals surface area contributed by atoms with Crippen molar-refractivity contribution in [2.24, 2.45) is 0 Å². The zero-order valence-corrected chi connectivity index (χ0v) is 16.3. The van der Waals surface area contributed by atoms with E-state index in [9.17, 15) is 17.6 Å². The largest absolute Gasteiger partial charge is 0.486 e. The van der Waals surface area contributed by atoms with Gasteiger partial charge in [-0.25, -0.2) is 12.8 Å². The number of para-hydroxylation sites is 2. The molecule has 9 heteroatoms. The Hall–Kier alpha value is -2.81. The van der Waals surface area contributed by atoms with Crippen LogP contribution in [0.2, 0.25) is 0 Å². The SMILES string of the molecule is C[C@H](C(=O)NC[C@H]1COc2ccccc2O1)N(c1cccc(F)c1)S(C)(=O)=O. The second-order valence-electron chi connectivity index (χ2n) is 6.46. The second-order valence-corrected chi connectivity index (χ2v) is 8.32. The van der Waals surface area contributed by atoms with Crippen molar-refractivity contribution < 1.29 is 27.1 Å². The van der Waals surface area contributed by atoms with Crippen LogP contribution in [0.25, 0.3) is 0 Å². The van der Waals surface area contributed by atoms with Crippen molar-refractivity contribution in [2.45, 2.75) is 19.1 Å². The van der Waals surface area contributed by atoms with Crippen molar-refractivity contribution in [2.75, 3.05) is 23.7 Å². The van der Waals surface area contributed by atoms with Crippen molar-refractivity contribution in [3.63, 3.8) is 0 Å². The summed E-state index contributed by atoms with van der Waals surface area (Å²) in [4.78, 5) is 12.6. The molecule has 2 aromatic carbocycles. The lowest BCUT2D eigenvalue weighted by Gasteiger charge is -2.30. The lowest BCUT2D eigenvalue weighted by atomic mass is 10.2. The van der Waals surface area contributed by atoms with Crippen LogP contribution >= 0.6 is 0 Å².